The summed E-state index contributed by atoms with van der Waals surface area (Å²) in [4.78, 5) is 39.4. The van der Waals surface area contributed by atoms with Crippen molar-refractivity contribution in [3.05, 3.63) is 93.9 Å². The molecule has 3 aromatic rings. The van der Waals surface area contributed by atoms with Crippen LogP contribution in [0.3, 0.4) is 0 Å². The molecular formula is C24H23N3O4. The monoisotopic (exact) mass is 417 g/mol. The number of amides is 1. The molecule has 158 valence electrons. The number of esters is 1. The molecule has 31 heavy (non-hydrogen) atoms. The van der Waals surface area contributed by atoms with Gasteiger partial charge in [0.15, 0.2) is 11.8 Å². The number of carbonyl (C=O) groups is 2. The highest BCUT2D eigenvalue weighted by Gasteiger charge is 2.29. The Balaban J connectivity index is 1.48. The average molecular weight is 417 g/mol. The van der Waals surface area contributed by atoms with E-state index in [0.29, 0.717) is 6.54 Å². The van der Waals surface area contributed by atoms with Crippen LogP contribution in [0.1, 0.15) is 35.0 Å². The first kappa shape index (κ1) is 20.5. The van der Waals surface area contributed by atoms with E-state index < -0.39 is 12.1 Å². The van der Waals surface area contributed by atoms with E-state index in [0.717, 1.165) is 29.7 Å². The van der Waals surface area contributed by atoms with E-state index in [9.17, 15) is 14.4 Å². The van der Waals surface area contributed by atoms with Crippen LogP contribution in [-0.2, 0) is 22.5 Å². The number of anilines is 1. The predicted molar refractivity (Wildman–Crippen MR) is 116 cm³/mol. The van der Waals surface area contributed by atoms with Gasteiger partial charge >= 0.3 is 5.97 Å². The Hall–Kier alpha value is -3.74. The minimum Gasteiger partial charge on any atom is -0.448 e. The summed E-state index contributed by atoms with van der Waals surface area (Å²) in [6, 6.07) is 19.7. The van der Waals surface area contributed by atoms with Gasteiger partial charge in [-0.2, -0.15) is 5.10 Å². The van der Waals surface area contributed by atoms with E-state index in [1.807, 2.05) is 54.6 Å². The SMILES string of the molecule is C[C@@H](OC(=O)c1ccc(=O)n(Cc2ccccc2)n1)C(=O)N1CCCc2ccccc21. The summed E-state index contributed by atoms with van der Waals surface area (Å²) in [5.74, 6) is -1.02. The van der Waals surface area contributed by atoms with Crippen molar-refractivity contribution in [3.63, 3.8) is 0 Å². The minimum absolute atomic E-state index is 0.0192. The number of hydrogen-bond donors (Lipinski definition) is 0. The summed E-state index contributed by atoms with van der Waals surface area (Å²) in [6.45, 7) is 2.37. The number of hydrogen-bond acceptors (Lipinski definition) is 5. The van der Waals surface area contributed by atoms with Gasteiger partial charge in [-0.05, 0) is 43.0 Å². The molecule has 0 aliphatic carbocycles. The van der Waals surface area contributed by atoms with Gasteiger partial charge in [0.2, 0.25) is 0 Å². The second kappa shape index (κ2) is 8.95. The lowest BCUT2D eigenvalue weighted by Gasteiger charge is -2.31. The Morgan fingerprint density at radius 2 is 1.77 bits per heavy atom. The summed E-state index contributed by atoms with van der Waals surface area (Å²) in [5.41, 5.74) is 2.50. The molecular weight excluding hydrogens is 394 g/mol. The predicted octanol–water partition coefficient (Wildman–Crippen LogP) is 2.82. The van der Waals surface area contributed by atoms with Crippen molar-refractivity contribution in [1.82, 2.24) is 9.78 Å². The van der Waals surface area contributed by atoms with Crippen LogP contribution in [0.15, 0.2) is 71.5 Å². The van der Waals surface area contributed by atoms with Gasteiger partial charge in [0.25, 0.3) is 11.5 Å². The molecule has 1 aliphatic rings. The zero-order valence-electron chi connectivity index (χ0n) is 17.2. The Bertz CT molecular complexity index is 1160. The van der Waals surface area contributed by atoms with Crippen LogP contribution >= 0.6 is 0 Å². The first-order valence-corrected chi connectivity index (χ1v) is 10.3. The fourth-order valence-electron chi connectivity index (χ4n) is 3.68. The Kier molecular flexibility index (Phi) is 5.93. The number of benzene rings is 2. The Morgan fingerprint density at radius 3 is 2.58 bits per heavy atom. The van der Waals surface area contributed by atoms with Gasteiger partial charge in [-0.1, -0.05) is 48.5 Å². The highest BCUT2D eigenvalue weighted by atomic mass is 16.5. The molecule has 1 aromatic heterocycles. The van der Waals surface area contributed by atoms with Crippen LogP contribution < -0.4 is 10.5 Å². The quantitative estimate of drug-likeness (QED) is 0.597. The summed E-state index contributed by atoms with van der Waals surface area (Å²) in [7, 11) is 0. The Labute approximate surface area is 179 Å². The number of ether oxygens (including phenoxy) is 1. The fraction of sp³-hybridized carbons (Fsp3) is 0.250. The van der Waals surface area contributed by atoms with Crippen molar-refractivity contribution in [2.75, 3.05) is 11.4 Å². The number of fused-ring (bicyclic) bond motifs is 1. The van der Waals surface area contributed by atoms with Crippen molar-refractivity contribution >= 4 is 17.6 Å². The number of nitrogens with zero attached hydrogens (tertiary/aromatic N) is 3. The lowest BCUT2D eigenvalue weighted by molar-refractivity contribution is -0.126. The van der Waals surface area contributed by atoms with Gasteiger partial charge in [-0.15, -0.1) is 0 Å². The average Bonchev–Trinajstić information content (AvgIpc) is 2.80. The third kappa shape index (κ3) is 4.55. The molecule has 0 saturated heterocycles. The highest BCUT2D eigenvalue weighted by Crippen LogP contribution is 2.27. The van der Waals surface area contributed by atoms with Gasteiger partial charge < -0.3 is 9.64 Å². The van der Waals surface area contributed by atoms with Crippen LogP contribution in [0.5, 0.6) is 0 Å². The van der Waals surface area contributed by atoms with Crippen LogP contribution in [0.2, 0.25) is 0 Å². The molecule has 1 atom stereocenters. The number of aromatic nitrogens is 2. The van der Waals surface area contributed by atoms with Crippen molar-refractivity contribution in [2.45, 2.75) is 32.4 Å². The molecule has 0 saturated carbocycles. The molecule has 0 bridgehead atoms. The lowest BCUT2D eigenvalue weighted by atomic mass is 10.0. The summed E-state index contributed by atoms with van der Waals surface area (Å²) < 4.78 is 6.61. The third-order valence-electron chi connectivity index (χ3n) is 5.26. The smallest absolute Gasteiger partial charge is 0.359 e. The second-order valence-electron chi connectivity index (χ2n) is 7.47. The number of aryl methyl sites for hydroxylation is 1. The zero-order valence-corrected chi connectivity index (χ0v) is 17.2. The first-order chi connectivity index (χ1) is 15.0. The maximum Gasteiger partial charge on any atom is 0.359 e. The minimum atomic E-state index is -0.977. The lowest BCUT2D eigenvalue weighted by Crippen LogP contribution is -2.43. The molecule has 1 aliphatic heterocycles. The van der Waals surface area contributed by atoms with Gasteiger partial charge in [-0.25, -0.2) is 9.48 Å². The van der Waals surface area contributed by atoms with Crippen molar-refractivity contribution in [2.24, 2.45) is 0 Å². The van der Waals surface area contributed by atoms with Crippen molar-refractivity contribution in [3.8, 4) is 0 Å². The molecule has 7 heteroatoms. The zero-order chi connectivity index (χ0) is 21.8. The molecule has 7 nitrogen and oxygen atoms in total. The van der Waals surface area contributed by atoms with E-state index in [4.69, 9.17) is 4.74 Å². The molecule has 0 spiro atoms. The standard InChI is InChI=1S/C24H23N3O4/c1-17(23(29)26-15-7-11-19-10-5-6-12-21(19)26)31-24(30)20-13-14-22(28)27(25-20)16-18-8-3-2-4-9-18/h2-6,8-10,12-14,17H,7,11,15-16H2,1H3/t17-/m1/s1. The van der Waals surface area contributed by atoms with Crippen LogP contribution in [0.25, 0.3) is 0 Å². The van der Waals surface area contributed by atoms with Crippen LogP contribution in [0, 0.1) is 0 Å². The van der Waals surface area contributed by atoms with Crippen LogP contribution in [0.4, 0.5) is 5.69 Å². The topological polar surface area (TPSA) is 81.5 Å². The van der Waals surface area contributed by atoms with Gasteiger partial charge in [-0.3, -0.25) is 9.59 Å². The molecule has 4 rings (SSSR count). The van der Waals surface area contributed by atoms with Gasteiger partial charge in [0, 0.05) is 18.3 Å². The number of rotatable bonds is 5. The Morgan fingerprint density at radius 1 is 1.03 bits per heavy atom. The molecule has 0 N–H and O–H groups in total. The van der Waals surface area contributed by atoms with E-state index in [1.165, 1.54) is 16.8 Å². The van der Waals surface area contributed by atoms with Crippen LogP contribution in [-0.4, -0.2) is 34.3 Å². The summed E-state index contributed by atoms with van der Waals surface area (Å²) in [6.07, 6.45) is 0.797. The molecule has 2 aromatic carbocycles. The molecule has 0 radical (unpaired) electrons. The highest BCUT2D eigenvalue weighted by molar-refractivity contribution is 5.99. The van der Waals surface area contributed by atoms with Gasteiger partial charge in [0.1, 0.15) is 0 Å². The number of para-hydroxylation sites is 1. The molecule has 0 fully saturated rings. The van der Waals surface area contributed by atoms with Gasteiger partial charge in [0.05, 0.1) is 6.54 Å². The van der Waals surface area contributed by atoms with E-state index in [2.05, 4.69) is 5.10 Å². The molecule has 2 heterocycles. The maximum absolute atomic E-state index is 13.0. The maximum atomic E-state index is 13.0. The third-order valence-corrected chi connectivity index (χ3v) is 5.26. The fourth-order valence-corrected chi connectivity index (χ4v) is 3.68. The summed E-state index contributed by atoms with van der Waals surface area (Å²) in [5, 5.41) is 4.13. The van der Waals surface area contributed by atoms with Crippen molar-refractivity contribution in [1.29, 1.82) is 0 Å². The van der Waals surface area contributed by atoms with E-state index >= 15 is 0 Å². The largest absolute Gasteiger partial charge is 0.448 e. The number of carbonyl (C=O) groups excluding carboxylic acids is 2. The first-order valence-electron chi connectivity index (χ1n) is 10.3. The molecule has 1 amide bonds. The summed E-state index contributed by atoms with van der Waals surface area (Å²) >= 11 is 0. The second-order valence-corrected chi connectivity index (χ2v) is 7.47. The van der Waals surface area contributed by atoms with Crippen molar-refractivity contribution < 1.29 is 14.3 Å². The molecule has 0 unspecified atom stereocenters. The van der Waals surface area contributed by atoms with E-state index in [1.54, 1.807) is 11.8 Å². The van der Waals surface area contributed by atoms with E-state index in [-0.39, 0.29) is 23.7 Å². The normalized spacial score (nSPS) is 13.9.